The van der Waals surface area contributed by atoms with E-state index in [-0.39, 0.29) is 74.5 Å². The molecule has 2 N–H and O–H groups in total. The standard InChI is InChI=1S/C18H21NO4.C17H19NO5.C14H15NO3.C4H8O2.C4H6.C3H4.C2H2/c1-11-9-22-18(23-10-11)13(3)19-12(2)16(17(20)21-4)14-7-5-6-8-15(14)19;1-10-15(16(20)21-3)13-6-4-5-7-14(13)18(10)11(2)17-22-8-12(19)9-23-17;1-9(8-16)15-10(2)13(14(17)18-3)11-6-4-5-7-12(11)15;1-4(2-5)3-6;1-3-4-2;1-3-2;1-2/h5-8,13,18H,1,9-10H2,2-4H3;4-7,11,17H,8-9H2,1-3H3;4-9H,1-3H3;5-6H,1-3H2;1-2H3;1H,2H3;1-2H/t13-;11-;9-;;;;/m111..../s1. The first kappa shape index (κ1) is 67.1. The van der Waals surface area contributed by atoms with Gasteiger partial charge < -0.3 is 61.9 Å². The number of aliphatic hydroxyl groups is 2. The second kappa shape index (κ2) is 34.0. The Hall–Kier alpha value is -8.05. The molecule has 0 radical (unpaired) electrons. The van der Waals surface area contributed by atoms with Crippen LogP contribution >= 0.6 is 0 Å². The number of carbonyl (C=O) groups is 5. The SMILES string of the molecule is C#C.C#CC.C=C(CO)CO.C=C1COC([C@@H](C)n2c(C)c(C(=O)OC)c3ccccc32)OC1.CC#CC.COC(=O)c1c(C)n([C@H](C)C2OCC(=O)CO2)c2ccccc12.COC(=O)c1c(C)n([C@H](C)C=O)c2ccccc12. The van der Waals surface area contributed by atoms with Crippen molar-refractivity contribution in [2.75, 3.05) is 61.0 Å². The summed E-state index contributed by atoms with van der Waals surface area (Å²) in [5.74, 6) is 6.46. The zero-order valence-electron chi connectivity index (χ0n) is 47.4. The number of hydrogen-bond acceptors (Lipinski definition) is 14. The van der Waals surface area contributed by atoms with Crippen molar-refractivity contribution in [3.8, 4) is 37.0 Å². The highest BCUT2D eigenvalue weighted by atomic mass is 16.7. The average molecular weight is 1090 g/mol. The molecular weight excluding hydrogens is 1010 g/mol. The van der Waals surface area contributed by atoms with Gasteiger partial charge in [0.1, 0.15) is 19.5 Å². The van der Waals surface area contributed by atoms with E-state index >= 15 is 0 Å². The van der Waals surface area contributed by atoms with Crippen molar-refractivity contribution in [1.82, 2.24) is 13.7 Å². The largest absolute Gasteiger partial charge is 0.465 e. The Kier molecular flexibility index (Phi) is 28.8. The molecule has 2 saturated heterocycles. The van der Waals surface area contributed by atoms with Gasteiger partial charge in [-0.15, -0.1) is 37.0 Å². The van der Waals surface area contributed by atoms with Crippen molar-refractivity contribution in [1.29, 1.82) is 0 Å². The molecular formula is C62H75N3O14. The van der Waals surface area contributed by atoms with Crippen LogP contribution in [0.3, 0.4) is 0 Å². The Balaban J connectivity index is 0.000000361. The maximum Gasteiger partial charge on any atom is 0.340 e. The summed E-state index contributed by atoms with van der Waals surface area (Å²) in [5.41, 5.74) is 8.18. The van der Waals surface area contributed by atoms with Crippen LogP contribution in [0.2, 0.25) is 0 Å². The lowest BCUT2D eigenvalue weighted by Gasteiger charge is -2.31. The van der Waals surface area contributed by atoms with Crippen LogP contribution in [-0.2, 0) is 42.7 Å². The summed E-state index contributed by atoms with van der Waals surface area (Å²) < 4.78 is 43.1. The number of fused-ring (bicyclic) bond motifs is 3. The van der Waals surface area contributed by atoms with Crippen molar-refractivity contribution in [3.05, 3.63) is 131 Å². The van der Waals surface area contributed by atoms with Gasteiger partial charge in [-0.1, -0.05) is 67.8 Å². The highest BCUT2D eigenvalue weighted by Gasteiger charge is 2.32. The summed E-state index contributed by atoms with van der Waals surface area (Å²) in [7, 11) is 4.13. The zero-order valence-corrected chi connectivity index (χ0v) is 47.4. The van der Waals surface area contributed by atoms with Crippen LogP contribution in [0.4, 0.5) is 0 Å². The summed E-state index contributed by atoms with van der Waals surface area (Å²) in [6.45, 7) is 24.7. The van der Waals surface area contributed by atoms with E-state index in [2.05, 4.69) is 54.8 Å². The van der Waals surface area contributed by atoms with Crippen molar-refractivity contribution in [2.24, 2.45) is 0 Å². The van der Waals surface area contributed by atoms with Gasteiger partial charge in [0.15, 0.2) is 18.4 Å². The molecule has 0 bridgehead atoms. The number of para-hydroxylation sites is 3. The number of rotatable bonds is 11. The molecule has 17 nitrogen and oxygen atoms in total. The number of aromatic nitrogens is 3. The highest BCUT2D eigenvalue weighted by Crippen LogP contribution is 2.35. The molecule has 3 aromatic heterocycles. The minimum Gasteiger partial charge on any atom is -0.465 e. The van der Waals surface area contributed by atoms with Gasteiger partial charge in [-0.2, -0.15) is 0 Å². The predicted molar refractivity (Wildman–Crippen MR) is 307 cm³/mol. The Labute approximate surface area is 464 Å². The van der Waals surface area contributed by atoms with Crippen molar-refractivity contribution in [3.63, 3.8) is 0 Å². The van der Waals surface area contributed by atoms with Crippen LogP contribution in [0, 0.1) is 57.8 Å². The van der Waals surface area contributed by atoms with Crippen LogP contribution in [0.5, 0.6) is 0 Å². The first-order chi connectivity index (χ1) is 37.8. The van der Waals surface area contributed by atoms with Crippen LogP contribution < -0.4 is 0 Å². The minimum atomic E-state index is -0.535. The summed E-state index contributed by atoms with van der Waals surface area (Å²) in [5, 5.41) is 18.7. The molecule has 0 spiro atoms. The monoisotopic (exact) mass is 1090 g/mol. The van der Waals surface area contributed by atoms with Gasteiger partial charge in [0.05, 0.1) is 82.6 Å². The summed E-state index contributed by atoms with van der Waals surface area (Å²) in [4.78, 5) is 58.5. The molecule has 0 unspecified atom stereocenters. The van der Waals surface area contributed by atoms with Crippen molar-refractivity contribution < 1.29 is 67.3 Å². The van der Waals surface area contributed by atoms with Crippen molar-refractivity contribution >= 4 is 62.7 Å². The van der Waals surface area contributed by atoms with E-state index in [1.54, 1.807) is 13.8 Å². The summed E-state index contributed by atoms with van der Waals surface area (Å²) in [6, 6.07) is 22.4. The second-order valence-corrected chi connectivity index (χ2v) is 17.5. The Morgan fingerprint density at radius 3 is 1.20 bits per heavy atom. The van der Waals surface area contributed by atoms with Gasteiger partial charge in [0, 0.05) is 49.8 Å². The smallest absolute Gasteiger partial charge is 0.340 e. The van der Waals surface area contributed by atoms with E-state index in [4.69, 9.17) is 43.4 Å². The summed E-state index contributed by atoms with van der Waals surface area (Å²) in [6.07, 6.45) is 12.5. The number of Topliss-reactive ketones (excluding diaryl/α,β-unsaturated/α-hetero) is 1. The number of esters is 3. The fourth-order valence-electron chi connectivity index (χ4n) is 8.67. The van der Waals surface area contributed by atoms with E-state index in [0.717, 1.165) is 61.6 Å². The third kappa shape index (κ3) is 17.0. The van der Waals surface area contributed by atoms with E-state index in [0.29, 0.717) is 35.5 Å². The van der Waals surface area contributed by atoms with E-state index in [9.17, 15) is 24.0 Å². The molecule has 79 heavy (non-hydrogen) atoms. The first-order valence-corrected chi connectivity index (χ1v) is 24.9. The lowest BCUT2D eigenvalue weighted by molar-refractivity contribution is -0.198. The molecule has 3 atom stereocenters. The number of hydrogen-bond donors (Lipinski definition) is 2. The number of nitrogens with zero attached hydrogens (tertiary/aromatic N) is 3. The minimum absolute atomic E-state index is 0.0527. The molecule has 17 heteroatoms. The quantitative estimate of drug-likeness (QED) is 0.0408. The molecule has 0 amide bonds. The third-order valence-corrected chi connectivity index (χ3v) is 12.3. The number of terminal acetylenes is 2. The predicted octanol–water partition coefficient (Wildman–Crippen LogP) is 9.41. The molecule has 0 aliphatic carbocycles. The van der Waals surface area contributed by atoms with Gasteiger partial charge in [-0.25, -0.2) is 14.4 Å². The van der Waals surface area contributed by atoms with Gasteiger partial charge in [0.2, 0.25) is 0 Å². The fourth-order valence-corrected chi connectivity index (χ4v) is 8.67. The van der Waals surface area contributed by atoms with E-state index in [1.165, 1.54) is 21.3 Å². The topological polar surface area (TPSA) is 205 Å². The van der Waals surface area contributed by atoms with Gasteiger partial charge >= 0.3 is 17.9 Å². The number of benzene rings is 3. The normalized spacial score (nSPS) is 13.9. The summed E-state index contributed by atoms with van der Waals surface area (Å²) >= 11 is 0. The lowest BCUT2D eigenvalue weighted by atomic mass is 10.1. The third-order valence-electron chi connectivity index (χ3n) is 12.3. The maximum absolute atomic E-state index is 12.2. The number of carbonyl (C=O) groups excluding carboxylic acids is 5. The van der Waals surface area contributed by atoms with Gasteiger partial charge in [-0.05, 0) is 91.7 Å². The number of aliphatic hydroxyl groups excluding tert-OH is 2. The average Bonchev–Trinajstić information content (AvgIpc) is 4.25. The molecule has 422 valence electrons. The number of methoxy groups -OCH3 is 3. The number of ketones is 1. The molecule has 3 aromatic carbocycles. The maximum atomic E-state index is 12.2. The molecule has 2 fully saturated rings. The Morgan fingerprint density at radius 2 is 0.924 bits per heavy atom. The fraction of sp³-hybridized carbons (Fsp3) is 0.371. The first-order valence-electron chi connectivity index (χ1n) is 24.9. The zero-order chi connectivity index (χ0) is 59.5. The van der Waals surface area contributed by atoms with E-state index in [1.807, 2.05) is 130 Å². The molecule has 2 aliphatic rings. The van der Waals surface area contributed by atoms with Gasteiger partial charge in [0.25, 0.3) is 0 Å². The highest BCUT2D eigenvalue weighted by molar-refractivity contribution is 6.07. The number of aldehydes is 1. The molecule has 8 rings (SSSR count). The lowest BCUT2D eigenvalue weighted by Crippen LogP contribution is -2.37. The van der Waals surface area contributed by atoms with Crippen molar-refractivity contribution in [2.45, 2.75) is 93.0 Å². The van der Waals surface area contributed by atoms with Crippen LogP contribution in [0.25, 0.3) is 32.7 Å². The molecule has 2 aliphatic heterocycles. The van der Waals surface area contributed by atoms with Crippen LogP contribution in [-0.4, -0.2) is 127 Å². The molecule has 6 aromatic rings. The van der Waals surface area contributed by atoms with E-state index < -0.39 is 6.29 Å². The Bertz CT molecular complexity index is 3010. The van der Waals surface area contributed by atoms with Gasteiger partial charge in [-0.3, -0.25) is 4.79 Å². The number of ether oxygens (including phenoxy) is 7. The second-order valence-electron chi connectivity index (χ2n) is 17.5. The Morgan fingerprint density at radius 1 is 0.633 bits per heavy atom. The molecule has 0 saturated carbocycles. The van der Waals surface area contributed by atoms with Crippen LogP contribution in [0.1, 0.15) is 108 Å². The van der Waals surface area contributed by atoms with Crippen LogP contribution in [0.15, 0.2) is 97.1 Å². The molecule has 5 heterocycles.